The van der Waals surface area contributed by atoms with Gasteiger partial charge in [-0.3, -0.25) is 4.72 Å². The fourth-order valence-electron chi connectivity index (χ4n) is 2.24. The van der Waals surface area contributed by atoms with Crippen molar-refractivity contribution < 1.29 is 21.2 Å². The van der Waals surface area contributed by atoms with Gasteiger partial charge in [-0.15, -0.1) is 12.4 Å². The maximum Gasteiger partial charge on any atom is 0.240 e. The molecule has 1 fully saturated rings. The highest BCUT2D eigenvalue weighted by atomic mass is 35.5. The fraction of sp³-hybridized carbons (Fsp3) is 0.571. The number of nitrogens with one attached hydrogen (secondary N) is 3. The van der Waals surface area contributed by atoms with Gasteiger partial charge in [0.1, 0.15) is 5.82 Å². The summed E-state index contributed by atoms with van der Waals surface area (Å²) in [5.41, 5.74) is -0.278. The molecule has 0 amide bonds. The van der Waals surface area contributed by atoms with Crippen LogP contribution in [0.1, 0.15) is 26.7 Å². The predicted octanol–water partition coefficient (Wildman–Crippen LogP) is 1.43. The minimum Gasteiger partial charge on any atom is -0.313 e. The largest absolute Gasteiger partial charge is 0.313 e. The van der Waals surface area contributed by atoms with Crippen molar-refractivity contribution in [3.63, 3.8) is 0 Å². The second-order valence-electron chi connectivity index (χ2n) is 5.98. The fourth-order valence-corrected chi connectivity index (χ4v) is 4.04. The molecule has 1 aromatic carbocycles. The van der Waals surface area contributed by atoms with Crippen LogP contribution in [0.3, 0.4) is 0 Å². The topological polar surface area (TPSA) is 104 Å². The normalized spacial score (nSPS) is 18.2. The summed E-state index contributed by atoms with van der Waals surface area (Å²) in [6.07, 6.45) is 1.87. The number of halogens is 2. The highest BCUT2D eigenvalue weighted by molar-refractivity contribution is 7.93. The Balaban J connectivity index is 0.00000312. The standard InChI is InChI=1S/C14H22FN3O4S2.ClH/c1-10(2)23(19,20)18-14-6-5-12(8-13(14)15)24(21,22)17-9-11-4-3-7-16-11;/h5-6,8,10-11,16-18H,3-4,7,9H2,1-2H3;1H. The van der Waals surface area contributed by atoms with Crippen molar-refractivity contribution in [2.24, 2.45) is 0 Å². The van der Waals surface area contributed by atoms with E-state index in [2.05, 4.69) is 14.8 Å². The van der Waals surface area contributed by atoms with Gasteiger partial charge in [-0.1, -0.05) is 0 Å². The van der Waals surface area contributed by atoms with Gasteiger partial charge >= 0.3 is 0 Å². The summed E-state index contributed by atoms with van der Waals surface area (Å²) in [7, 11) is -7.56. The van der Waals surface area contributed by atoms with E-state index in [1.165, 1.54) is 19.9 Å². The Labute approximate surface area is 154 Å². The van der Waals surface area contributed by atoms with Gasteiger partial charge < -0.3 is 5.32 Å². The maximum atomic E-state index is 14.1. The van der Waals surface area contributed by atoms with E-state index in [1.54, 1.807) is 0 Å². The molecule has 0 radical (unpaired) electrons. The molecule has 2 rings (SSSR count). The first-order valence-corrected chi connectivity index (χ1v) is 10.7. The van der Waals surface area contributed by atoms with E-state index in [1.807, 2.05) is 0 Å². The maximum absolute atomic E-state index is 14.1. The first-order valence-electron chi connectivity index (χ1n) is 7.66. The summed E-state index contributed by atoms with van der Waals surface area (Å²) in [6.45, 7) is 4.00. The molecule has 1 aliphatic heterocycles. The zero-order chi connectivity index (χ0) is 18.0. The highest BCUT2D eigenvalue weighted by Crippen LogP contribution is 2.21. The smallest absolute Gasteiger partial charge is 0.240 e. The van der Waals surface area contributed by atoms with Crippen molar-refractivity contribution in [3.05, 3.63) is 24.0 Å². The SMILES string of the molecule is CC(C)S(=O)(=O)Nc1ccc(S(=O)(=O)NCC2CCCN2)cc1F.Cl. The molecule has 0 aliphatic carbocycles. The van der Waals surface area contributed by atoms with Gasteiger partial charge in [-0.25, -0.2) is 25.9 Å². The zero-order valence-corrected chi connectivity index (χ0v) is 16.4. The Morgan fingerprint density at radius 2 is 1.96 bits per heavy atom. The summed E-state index contributed by atoms with van der Waals surface area (Å²) in [4.78, 5) is -0.245. The van der Waals surface area contributed by atoms with E-state index in [0.717, 1.165) is 31.5 Å². The molecule has 11 heteroatoms. The van der Waals surface area contributed by atoms with Crippen molar-refractivity contribution >= 4 is 38.1 Å². The van der Waals surface area contributed by atoms with Crippen LogP contribution < -0.4 is 14.8 Å². The zero-order valence-electron chi connectivity index (χ0n) is 14.0. The lowest BCUT2D eigenvalue weighted by Crippen LogP contribution is -2.37. The summed E-state index contributed by atoms with van der Waals surface area (Å²) in [6, 6.07) is 3.16. The molecule has 7 nitrogen and oxygen atoms in total. The molecule has 0 saturated carbocycles. The van der Waals surface area contributed by atoms with Gasteiger partial charge in [-0.2, -0.15) is 0 Å². The lowest BCUT2D eigenvalue weighted by molar-refractivity contribution is 0.550. The molecular weight excluding hydrogens is 393 g/mol. The third-order valence-electron chi connectivity index (χ3n) is 3.81. The summed E-state index contributed by atoms with van der Waals surface area (Å²) >= 11 is 0. The molecule has 1 heterocycles. The van der Waals surface area contributed by atoms with Crippen LogP contribution in [-0.4, -0.2) is 41.2 Å². The molecule has 25 heavy (non-hydrogen) atoms. The Kier molecular flexibility index (Phi) is 7.63. The molecule has 0 spiro atoms. The van der Waals surface area contributed by atoms with Crippen LogP contribution >= 0.6 is 12.4 Å². The van der Waals surface area contributed by atoms with Crippen LogP contribution in [-0.2, 0) is 20.0 Å². The van der Waals surface area contributed by atoms with E-state index in [4.69, 9.17) is 0 Å². The second kappa shape index (κ2) is 8.63. The van der Waals surface area contributed by atoms with Gasteiger partial charge in [0, 0.05) is 12.6 Å². The molecule has 1 unspecified atom stereocenters. The van der Waals surface area contributed by atoms with E-state index in [9.17, 15) is 21.2 Å². The number of benzene rings is 1. The van der Waals surface area contributed by atoms with Gasteiger partial charge in [0.2, 0.25) is 20.0 Å². The van der Waals surface area contributed by atoms with Crippen LogP contribution in [0, 0.1) is 5.82 Å². The monoisotopic (exact) mass is 415 g/mol. The number of hydrogen-bond donors (Lipinski definition) is 3. The molecule has 0 aromatic heterocycles. The first kappa shape index (κ1) is 22.1. The van der Waals surface area contributed by atoms with E-state index in [-0.39, 0.29) is 35.6 Å². The van der Waals surface area contributed by atoms with Crippen LogP contribution in [0.5, 0.6) is 0 Å². The summed E-state index contributed by atoms with van der Waals surface area (Å²) < 4.78 is 66.6. The van der Waals surface area contributed by atoms with Crippen molar-refractivity contribution in [3.8, 4) is 0 Å². The van der Waals surface area contributed by atoms with Gasteiger partial charge in [-0.05, 0) is 51.4 Å². The third kappa shape index (κ3) is 5.78. The number of rotatable bonds is 7. The van der Waals surface area contributed by atoms with Crippen molar-refractivity contribution in [2.45, 2.75) is 42.9 Å². The quantitative estimate of drug-likeness (QED) is 0.624. The van der Waals surface area contributed by atoms with Crippen molar-refractivity contribution in [2.75, 3.05) is 17.8 Å². The van der Waals surface area contributed by atoms with Crippen LogP contribution in [0.2, 0.25) is 0 Å². The Bertz CT molecular complexity index is 794. The molecule has 1 atom stereocenters. The van der Waals surface area contributed by atoms with Crippen molar-refractivity contribution in [1.29, 1.82) is 0 Å². The van der Waals surface area contributed by atoms with Gasteiger partial charge in [0.05, 0.1) is 15.8 Å². The van der Waals surface area contributed by atoms with Crippen molar-refractivity contribution in [1.82, 2.24) is 10.0 Å². The minimum atomic E-state index is -3.85. The molecule has 1 aromatic rings. The van der Waals surface area contributed by atoms with E-state index in [0.29, 0.717) is 0 Å². The van der Waals surface area contributed by atoms with Gasteiger partial charge in [0.15, 0.2) is 0 Å². The first-order chi connectivity index (χ1) is 11.1. The lowest BCUT2D eigenvalue weighted by Gasteiger charge is -2.14. The predicted molar refractivity (Wildman–Crippen MR) is 97.5 cm³/mol. The van der Waals surface area contributed by atoms with Crippen LogP contribution in [0.4, 0.5) is 10.1 Å². The molecule has 3 N–H and O–H groups in total. The van der Waals surface area contributed by atoms with Crippen LogP contribution in [0.25, 0.3) is 0 Å². The Hall–Kier alpha value is -0.940. The van der Waals surface area contributed by atoms with Crippen LogP contribution in [0.15, 0.2) is 23.1 Å². The molecule has 1 saturated heterocycles. The van der Waals surface area contributed by atoms with Gasteiger partial charge in [0.25, 0.3) is 0 Å². The van der Waals surface area contributed by atoms with E-state index >= 15 is 0 Å². The summed E-state index contributed by atoms with van der Waals surface area (Å²) in [5.74, 6) is -0.943. The number of hydrogen-bond acceptors (Lipinski definition) is 5. The Morgan fingerprint density at radius 1 is 1.28 bits per heavy atom. The molecule has 0 bridgehead atoms. The average molecular weight is 416 g/mol. The summed E-state index contributed by atoms with van der Waals surface area (Å²) in [5, 5.41) is 2.42. The second-order valence-corrected chi connectivity index (χ2v) is 9.99. The molecule has 1 aliphatic rings. The highest BCUT2D eigenvalue weighted by Gasteiger charge is 2.22. The third-order valence-corrected chi connectivity index (χ3v) is 6.97. The minimum absolute atomic E-state index is 0. The lowest BCUT2D eigenvalue weighted by atomic mass is 10.2. The van der Waals surface area contributed by atoms with E-state index < -0.39 is 31.1 Å². The average Bonchev–Trinajstić information content (AvgIpc) is 3.00. The number of sulfonamides is 2. The molecule has 144 valence electrons. The number of anilines is 1. The Morgan fingerprint density at radius 3 is 2.48 bits per heavy atom. The molecular formula is C14H23ClFN3O4S2.